The molecule has 5 heteroatoms. The summed E-state index contributed by atoms with van der Waals surface area (Å²) < 4.78 is 6.46. The van der Waals surface area contributed by atoms with Crippen molar-refractivity contribution in [2.75, 3.05) is 20.1 Å². The van der Waals surface area contributed by atoms with Gasteiger partial charge in [0.25, 0.3) is 0 Å². The Labute approximate surface area is 120 Å². The molecule has 4 nitrogen and oxygen atoms in total. The highest BCUT2D eigenvalue weighted by Crippen LogP contribution is 2.28. The first kappa shape index (κ1) is 12.8. The molecule has 0 unspecified atom stereocenters. The van der Waals surface area contributed by atoms with Crippen LogP contribution in [0.15, 0.2) is 33.3 Å². The molecular weight excluding hydrogens is 306 g/mol. The van der Waals surface area contributed by atoms with Crippen LogP contribution in [0.2, 0.25) is 0 Å². The molecule has 1 aromatic carbocycles. The third kappa shape index (κ3) is 2.87. The fraction of sp³-hybridized carbons (Fsp3) is 0.429. The van der Waals surface area contributed by atoms with Crippen molar-refractivity contribution in [1.29, 1.82) is 0 Å². The maximum Gasteiger partial charge on any atom is 0.230 e. The van der Waals surface area contributed by atoms with Gasteiger partial charge in [-0.05, 0) is 45.1 Å². The molecule has 1 aliphatic heterocycles. The van der Waals surface area contributed by atoms with Gasteiger partial charge in [0.15, 0.2) is 0 Å². The average molecular weight is 322 g/mol. The number of rotatable bonds is 2. The number of hydrogen-bond acceptors (Lipinski definition) is 4. The SMILES string of the molecule is CN1CCC(c2nc(-c3cccc(Br)c3)no2)CC1. The van der Waals surface area contributed by atoms with Crippen molar-refractivity contribution in [3.63, 3.8) is 0 Å². The molecule has 1 saturated heterocycles. The van der Waals surface area contributed by atoms with Crippen LogP contribution < -0.4 is 0 Å². The highest BCUT2D eigenvalue weighted by molar-refractivity contribution is 9.10. The Hall–Kier alpha value is -1.20. The number of aromatic nitrogens is 2. The van der Waals surface area contributed by atoms with E-state index in [0.717, 1.165) is 41.9 Å². The molecule has 1 aromatic heterocycles. The summed E-state index contributed by atoms with van der Waals surface area (Å²) >= 11 is 3.46. The van der Waals surface area contributed by atoms with Crippen molar-refractivity contribution in [1.82, 2.24) is 15.0 Å². The monoisotopic (exact) mass is 321 g/mol. The van der Waals surface area contributed by atoms with Gasteiger partial charge in [0.05, 0.1) is 0 Å². The van der Waals surface area contributed by atoms with Crippen LogP contribution in [0, 0.1) is 0 Å². The van der Waals surface area contributed by atoms with Crippen molar-refractivity contribution in [3.8, 4) is 11.4 Å². The minimum Gasteiger partial charge on any atom is -0.339 e. The summed E-state index contributed by atoms with van der Waals surface area (Å²) in [4.78, 5) is 6.89. The summed E-state index contributed by atoms with van der Waals surface area (Å²) in [5, 5.41) is 4.10. The Morgan fingerprint density at radius 1 is 1.32 bits per heavy atom. The molecule has 0 bridgehead atoms. The lowest BCUT2D eigenvalue weighted by molar-refractivity contribution is 0.227. The second kappa shape index (κ2) is 5.43. The van der Waals surface area contributed by atoms with Gasteiger partial charge in [0.2, 0.25) is 11.7 Å². The van der Waals surface area contributed by atoms with E-state index in [1.807, 2.05) is 24.3 Å². The van der Waals surface area contributed by atoms with Crippen molar-refractivity contribution in [3.05, 3.63) is 34.6 Å². The summed E-state index contributed by atoms with van der Waals surface area (Å²) in [6, 6.07) is 7.96. The average Bonchev–Trinajstić information content (AvgIpc) is 2.89. The van der Waals surface area contributed by atoms with E-state index in [0.29, 0.717) is 11.7 Å². The Morgan fingerprint density at radius 2 is 2.11 bits per heavy atom. The maximum absolute atomic E-state index is 5.44. The summed E-state index contributed by atoms with van der Waals surface area (Å²) in [6.07, 6.45) is 2.19. The minimum atomic E-state index is 0.407. The molecule has 1 fully saturated rings. The van der Waals surface area contributed by atoms with Gasteiger partial charge in [-0.1, -0.05) is 33.2 Å². The van der Waals surface area contributed by atoms with Gasteiger partial charge < -0.3 is 9.42 Å². The predicted octanol–water partition coefficient (Wildman–Crippen LogP) is 3.31. The van der Waals surface area contributed by atoms with Gasteiger partial charge in [0.1, 0.15) is 0 Å². The molecule has 0 N–H and O–H groups in total. The van der Waals surface area contributed by atoms with Crippen LogP contribution in [-0.4, -0.2) is 35.2 Å². The summed E-state index contributed by atoms with van der Waals surface area (Å²) in [5.41, 5.74) is 0.984. The second-order valence-corrected chi connectivity index (χ2v) is 5.96. The molecule has 0 saturated carbocycles. The number of nitrogens with zero attached hydrogens (tertiary/aromatic N) is 3. The fourth-order valence-electron chi connectivity index (χ4n) is 2.40. The molecule has 100 valence electrons. The lowest BCUT2D eigenvalue weighted by Crippen LogP contribution is -2.29. The minimum absolute atomic E-state index is 0.407. The van der Waals surface area contributed by atoms with Crippen molar-refractivity contribution in [2.24, 2.45) is 0 Å². The van der Waals surface area contributed by atoms with Gasteiger partial charge in [-0.25, -0.2) is 0 Å². The molecule has 3 rings (SSSR count). The Morgan fingerprint density at radius 3 is 2.84 bits per heavy atom. The van der Waals surface area contributed by atoms with E-state index in [1.54, 1.807) is 0 Å². The lowest BCUT2D eigenvalue weighted by atomic mass is 9.97. The van der Waals surface area contributed by atoms with Crippen LogP contribution in [0.5, 0.6) is 0 Å². The molecule has 2 heterocycles. The lowest BCUT2D eigenvalue weighted by Gasteiger charge is -2.26. The smallest absolute Gasteiger partial charge is 0.230 e. The fourth-order valence-corrected chi connectivity index (χ4v) is 2.80. The quantitative estimate of drug-likeness (QED) is 0.851. The van der Waals surface area contributed by atoms with E-state index < -0.39 is 0 Å². The Balaban J connectivity index is 1.80. The molecule has 0 aliphatic carbocycles. The standard InChI is InChI=1S/C14H16BrN3O/c1-18-7-5-10(6-8-18)14-16-13(17-19-14)11-3-2-4-12(15)9-11/h2-4,9-10H,5-8H2,1H3. The molecular formula is C14H16BrN3O. The third-order valence-electron chi connectivity index (χ3n) is 3.59. The second-order valence-electron chi connectivity index (χ2n) is 5.04. The summed E-state index contributed by atoms with van der Waals surface area (Å²) in [6.45, 7) is 2.19. The topological polar surface area (TPSA) is 42.2 Å². The van der Waals surface area contributed by atoms with Crippen molar-refractivity contribution in [2.45, 2.75) is 18.8 Å². The van der Waals surface area contributed by atoms with Gasteiger partial charge in [0, 0.05) is 16.0 Å². The molecule has 0 spiro atoms. The highest BCUT2D eigenvalue weighted by atomic mass is 79.9. The van der Waals surface area contributed by atoms with Gasteiger partial charge >= 0.3 is 0 Å². The molecule has 1 aliphatic rings. The number of likely N-dealkylation sites (tertiary alicyclic amines) is 1. The summed E-state index contributed by atoms with van der Waals surface area (Å²) in [5.74, 6) is 1.86. The molecule has 19 heavy (non-hydrogen) atoms. The van der Waals surface area contributed by atoms with Crippen LogP contribution in [-0.2, 0) is 0 Å². The van der Waals surface area contributed by atoms with E-state index in [2.05, 4.69) is 38.0 Å². The normalized spacial score (nSPS) is 17.8. The van der Waals surface area contributed by atoms with Crippen molar-refractivity contribution >= 4 is 15.9 Å². The van der Waals surface area contributed by atoms with E-state index in [1.165, 1.54) is 0 Å². The van der Waals surface area contributed by atoms with Crippen LogP contribution in [0.1, 0.15) is 24.7 Å². The largest absolute Gasteiger partial charge is 0.339 e. The van der Waals surface area contributed by atoms with Crippen molar-refractivity contribution < 1.29 is 4.52 Å². The van der Waals surface area contributed by atoms with Crippen LogP contribution in [0.4, 0.5) is 0 Å². The van der Waals surface area contributed by atoms with Crippen LogP contribution in [0.3, 0.4) is 0 Å². The highest BCUT2D eigenvalue weighted by Gasteiger charge is 2.23. The van der Waals surface area contributed by atoms with E-state index >= 15 is 0 Å². The first-order valence-electron chi connectivity index (χ1n) is 6.50. The predicted molar refractivity (Wildman–Crippen MR) is 76.9 cm³/mol. The number of benzene rings is 1. The van der Waals surface area contributed by atoms with E-state index in [9.17, 15) is 0 Å². The third-order valence-corrected chi connectivity index (χ3v) is 4.09. The number of halogens is 1. The number of piperidine rings is 1. The molecule has 0 atom stereocenters. The van der Waals surface area contributed by atoms with Crippen LogP contribution in [0.25, 0.3) is 11.4 Å². The Bertz CT molecular complexity index is 561. The maximum atomic E-state index is 5.44. The van der Waals surface area contributed by atoms with E-state index in [-0.39, 0.29) is 0 Å². The molecule has 0 radical (unpaired) electrons. The van der Waals surface area contributed by atoms with Gasteiger partial charge in [-0.15, -0.1) is 0 Å². The Kier molecular flexibility index (Phi) is 3.66. The zero-order valence-electron chi connectivity index (χ0n) is 10.8. The molecule has 2 aromatic rings. The van der Waals surface area contributed by atoms with Gasteiger partial charge in [-0.3, -0.25) is 0 Å². The first-order valence-corrected chi connectivity index (χ1v) is 7.30. The first-order chi connectivity index (χ1) is 9.22. The van der Waals surface area contributed by atoms with Crippen LogP contribution >= 0.6 is 15.9 Å². The zero-order valence-corrected chi connectivity index (χ0v) is 12.4. The van der Waals surface area contributed by atoms with E-state index in [4.69, 9.17) is 4.52 Å². The molecule has 0 amide bonds. The number of hydrogen-bond donors (Lipinski definition) is 0. The van der Waals surface area contributed by atoms with Gasteiger partial charge in [-0.2, -0.15) is 4.98 Å². The zero-order chi connectivity index (χ0) is 13.2. The summed E-state index contributed by atoms with van der Waals surface area (Å²) in [7, 11) is 2.15.